The summed E-state index contributed by atoms with van der Waals surface area (Å²) < 4.78 is 11.1. The average molecular weight is 301 g/mol. The number of hydrogen-bond acceptors (Lipinski definition) is 3. The van der Waals surface area contributed by atoms with Crippen LogP contribution in [-0.4, -0.2) is 12.9 Å². The van der Waals surface area contributed by atoms with Crippen molar-refractivity contribution in [3.63, 3.8) is 0 Å². The minimum Gasteiger partial charge on any atom is -0.497 e. The van der Waals surface area contributed by atoms with Gasteiger partial charge >= 0.3 is 0 Å². The Balaban J connectivity index is 2.03. The second kappa shape index (κ2) is 5.26. The zero-order valence-electron chi connectivity index (χ0n) is 11.4. The van der Waals surface area contributed by atoms with Crippen LogP contribution in [0.15, 0.2) is 54.6 Å². The molecule has 1 heterocycles. The van der Waals surface area contributed by atoms with E-state index in [1.165, 1.54) is 0 Å². The van der Waals surface area contributed by atoms with Gasteiger partial charge in [0.25, 0.3) is 0 Å². The minimum absolute atomic E-state index is 0.112. The molecule has 0 amide bonds. The van der Waals surface area contributed by atoms with E-state index in [9.17, 15) is 4.79 Å². The Labute approximate surface area is 127 Å². The number of carbonyl (C=O) groups is 1. The molecule has 0 bridgehead atoms. The highest BCUT2D eigenvalue weighted by molar-refractivity contribution is 6.30. The molecule has 106 valence electrons. The summed E-state index contributed by atoms with van der Waals surface area (Å²) in [5, 5.41) is 0.633. The Hall–Kier alpha value is -2.26. The van der Waals surface area contributed by atoms with Crippen LogP contribution in [0.4, 0.5) is 0 Å². The van der Waals surface area contributed by atoms with Crippen LogP contribution in [0.3, 0.4) is 0 Å². The van der Waals surface area contributed by atoms with E-state index in [1.54, 1.807) is 37.4 Å². The number of carbonyl (C=O) groups excluding carboxylic acids is 1. The summed E-state index contributed by atoms with van der Waals surface area (Å²) in [6.45, 7) is 3.88. The number of ketones is 1. The van der Waals surface area contributed by atoms with Crippen LogP contribution in [0.5, 0.6) is 11.5 Å². The van der Waals surface area contributed by atoms with Gasteiger partial charge in [-0.25, -0.2) is 0 Å². The third-order valence-corrected chi connectivity index (χ3v) is 3.71. The summed E-state index contributed by atoms with van der Waals surface area (Å²) in [5.41, 5.74) is 1.76. The van der Waals surface area contributed by atoms with Gasteiger partial charge in [-0.1, -0.05) is 30.3 Å². The summed E-state index contributed by atoms with van der Waals surface area (Å²) in [6, 6.07) is 12.3. The molecule has 0 fully saturated rings. The van der Waals surface area contributed by atoms with Gasteiger partial charge in [-0.15, -0.1) is 0 Å². The van der Waals surface area contributed by atoms with E-state index in [-0.39, 0.29) is 5.78 Å². The monoisotopic (exact) mass is 300 g/mol. The summed E-state index contributed by atoms with van der Waals surface area (Å²) in [6.07, 6.45) is -0.505. The molecule has 2 aromatic rings. The highest BCUT2D eigenvalue weighted by atomic mass is 35.5. The van der Waals surface area contributed by atoms with Crippen molar-refractivity contribution >= 4 is 17.4 Å². The number of ether oxygens (including phenoxy) is 2. The van der Waals surface area contributed by atoms with Crippen LogP contribution in [0.2, 0.25) is 5.02 Å². The van der Waals surface area contributed by atoms with Crippen LogP contribution in [0.1, 0.15) is 22.0 Å². The van der Waals surface area contributed by atoms with Gasteiger partial charge in [0.1, 0.15) is 11.5 Å². The van der Waals surface area contributed by atoms with Crippen molar-refractivity contribution in [3.05, 3.63) is 70.8 Å². The standard InChI is InChI=1S/C17H13ClO3/c1-10-16(19)14-8-7-13(20-2)9-15(14)21-17(10)11-3-5-12(18)6-4-11/h3-9,17H,1H2,2H3. The van der Waals surface area contributed by atoms with E-state index in [0.717, 1.165) is 5.56 Å². The van der Waals surface area contributed by atoms with E-state index in [2.05, 4.69) is 6.58 Å². The van der Waals surface area contributed by atoms with E-state index >= 15 is 0 Å². The topological polar surface area (TPSA) is 35.5 Å². The van der Waals surface area contributed by atoms with E-state index < -0.39 is 6.10 Å². The lowest BCUT2D eigenvalue weighted by molar-refractivity contribution is 0.0962. The maximum absolute atomic E-state index is 12.4. The first-order valence-corrected chi connectivity index (χ1v) is 6.81. The highest BCUT2D eigenvalue weighted by Crippen LogP contribution is 2.39. The molecule has 1 atom stereocenters. The van der Waals surface area contributed by atoms with E-state index in [1.807, 2.05) is 12.1 Å². The molecule has 1 aliphatic heterocycles. The molecule has 0 N–H and O–H groups in total. The number of hydrogen-bond donors (Lipinski definition) is 0. The first-order chi connectivity index (χ1) is 10.1. The molecular formula is C17H13ClO3. The maximum atomic E-state index is 12.4. The molecule has 2 aromatic carbocycles. The second-order valence-electron chi connectivity index (χ2n) is 4.77. The summed E-state index contributed by atoms with van der Waals surface area (Å²) in [7, 11) is 1.57. The molecule has 1 aliphatic rings. The number of halogens is 1. The Morgan fingerprint density at radius 2 is 1.90 bits per heavy atom. The largest absolute Gasteiger partial charge is 0.497 e. The molecule has 21 heavy (non-hydrogen) atoms. The summed E-state index contributed by atoms with van der Waals surface area (Å²) in [5.74, 6) is 1.04. The molecule has 0 radical (unpaired) electrons. The molecule has 3 rings (SSSR count). The van der Waals surface area contributed by atoms with Gasteiger partial charge in [-0.05, 0) is 29.8 Å². The summed E-state index contributed by atoms with van der Waals surface area (Å²) in [4.78, 5) is 12.4. The summed E-state index contributed by atoms with van der Waals surface area (Å²) >= 11 is 5.89. The van der Waals surface area contributed by atoms with Crippen molar-refractivity contribution < 1.29 is 14.3 Å². The smallest absolute Gasteiger partial charge is 0.196 e. The second-order valence-corrected chi connectivity index (χ2v) is 5.20. The quantitative estimate of drug-likeness (QED) is 0.779. The zero-order valence-corrected chi connectivity index (χ0v) is 12.2. The van der Waals surface area contributed by atoms with Crippen LogP contribution in [0, 0.1) is 0 Å². The number of methoxy groups -OCH3 is 1. The Morgan fingerprint density at radius 1 is 1.19 bits per heavy atom. The Bertz CT molecular complexity index is 719. The number of fused-ring (bicyclic) bond motifs is 1. The van der Waals surface area contributed by atoms with E-state index in [0.29, 0.717) is 27.7 Å². The molecular weight excluding hydrogens is 288 g/mol. The molecule has 0 aromatic heterocycles. The normalized spacial score (nSPS) is 17.1. The number of benzene rings is 2. The first-order valence-electron chi connectivity index (χ1n) is 6.44. The lowest BCUT2D eigenvalue weighted by Crippen LogP contribution is -2.23. The van der Waals surface area contributed by atoms with Crippen molar-refractivity contribution in [1.82, 2.24) is 0 Å². The number of rotatable bonds is 2. The van der Waals surface area contributed by atoms with Crippen molar-refractivity contribution in [2.75, 3.05) is 7.11 Å². The maximum Gasteiger partial charge on any atom is 0.196 e. The molecule has 0 spiro atoms. The van der Waals surface area contributed by atoms with E-state index in [4.69, 9.17) is 21.1 Å². The average Bonchev–Trinajstić information content (AvgIpc) is 2.51. The highest BCUT2D eigenvalue weighted by Gasteiger charge is 2.31. The Kier molecular flexibility index (Phi) is 3.43. The molecule has 4 heteroatoms. The fourth-order valence-electron chi connectivity index (χ4n) is 2.31. The van der Waals surface area contributed by atoms with Crippen LogP contribution < -0.4 is 9.47 Å². The van der Waals surface area contributed by atoms with Gasteiger partial charge in [-0.2, -0.15) is 0 Å². The van der Waals surface area contributed by atoms with Crippen LogP contribution >= 0.6 is 11.6 Å². The first kappa shape index (κ1) is 13.7. The molecule has 3 nitrogen and oxygen atoms in total. The van der Waals surface area contributed by atoms with Gasteiger partial charge in [0.2, 0.25) is 0 Å². The Morgan fingerprint density at radius 3 is 2.57 bits per heavy atom. The third-order valence-electron chi connectivity index (χ3n) is 3.46. The number of Topliss-reactive ketones (excluding diaryl/α,β-unsaturated/α-hetero) is 1. The van der Waals surface area contributed by atoms with Crippen molar-refractivity contribution in [2.24, 2.45) is 0 Å². The lowest BCUT2D eigenvalue weighted by atomic mass is 9.92. The fraction of sp³-hybridized carbons (Fsp3) is 0.118. The molecule has 1 unspecified atom stereocenters. The van der Waals surface area contributed by atoms with Crippen molar-refractivity contribution in [3.8, 4) is 11.5 Å². The SMILES string of the molecule is C=C1C(=O)c2ccc(OC)cc2OC1c1ccc(Cl)cc1. The lowest BCUT2D eigenvalue weighted by Gasteiger charge is -2.27. The molecule has 0 aliphatic carbocycles. The van der Waals surface area contributed by atoms with Gasteiger partial charge in [-0.3, -0.25) is 4.79 Å². The predicted octanol–water partition coefficient (Wildman–Crippen LogP) is 4.22. The predicted molar refractivity (Wildman–Crippen MR) is 81.3 cm³/mol. The van der Waals surface area contributed by atoms with Crippen LogP contribution in [-0.2, 0) is 0 Å². The third kappa shape index (κ3) is 2.41. The zero-order chi connectivity index (χ0) is 15.0. The van der Waals surface area contributed by atoms with Gasteiger partial charge in [0, 0.05) is 16.7 Å². The van der Waals surface area contributed by atoms with Crippen LogP contribution in [0.25, 0.3) is 0 Å². The molecule has 0 saturated carbocycles. The molecule has 0 saturated heterocycles. The van der Waals surface area contributed by atoms with Crippen molar-refractivity contribution in [1.29, 1.82) is 0 Å². The van der Waals surface area contributed by atoms with Gasteiger partial charge in [0.05, 0.1) is 12.7 Å². The fourth-order valence-corrected chi connectivity index (χ4v) is 2.44. The van der Waals surface area contributed by atoms with Crippen molar-refractivity contribution in [2.45, 2.75) is 6.10 Å². The van der Waals surface area contributed by atoms with Gasteiger partial charge in [0.15, 0.2) is 11.9 Å². The van der Waals surface area contributed by atoms with Gasteiger partial charge < -0.3 is 9.47 Å². The minimum atomic E-state index is -0.505.